The summed E-state index contributed by atoms with van der Waals surface area (Å²) in [7, 11) is 0. The van der Waals surface area contributed by atoms with Crippen LogP contribution < -0.4 is 10.6 Å². The van der Waals surface area contributed by atoms with Crippen LogP contribution in [0.1, 0.15) is 22.7 Å². The first kappa shape index (κ1) is 23.4. The predicted octanol–water partition coefficient (Wildman–Crippen LogP) is 4.49. The number of carbonyl (C=O) groups is 2. The van der Waals surface area contributed by atoms with E-state index in [0.717, 1.165) is 27.9 Å². The number of thioether (sulfide) groups is 1. The fraction of sp³-hybridized carbons (Fsp3) is 0.192. The number of amides is 2. The Morgan fingerprint density at radius 2 is 1.85 bits per heavy atom. The van der Waals surface area contributed by atoms with E-state index in [0.29, 0.717) is 17.9 Å². The van der Waals surface area contributed by atoms with Gasteiger partial charge in [-0.2, -0.15) is 11.8 Å². The lowest BCUT2D eigenvalue weighted by atomic mass is 10.1. The number of aryl methyl sites for hydroxylation is 1. The summed E-state index contributed by atoms with van der Waals surface area (Å²) >= 11 is 1.62. The molecule has 0 spiro atoms. The highest BCUT2D eigenvalue weighted by atomic mass is 32.2. The molecule has 2 aromatic heterocycles. The van der Waals surface area contributed by atoms with E-state index in [9.17, 15) is 9.59 Å². The highest BCUT2D eigenvalue weighted by molar-refractivity contribution is 7.98. The largest absolute Gasteiger partial charge is 0.339 e. The normalized spacial score (nSPS) is 11.7. The molecular formula is C26H25N5O2S. The van der Waals surface area contributed by atoms with Crippen molar-refractivity contribution in [2.24, 2.45) is 0 Å². The smallest absolute Gasteiger partial charge is 0.270 e. The first-order chi connectivity index (χ1) is 16.5. The monoisotopic (exact) mass is 471 g/mol. The highest BCUT2D eigenvalue weighted by Crippen LogP contribution is 2.21. The van der Waals surface area contributed by atoms with Gasteiger partial charge < -0.3 is 10.6 Å². The van der Waals surface area contributed by atoms with Crippen molar-refractivity contribution in [1.29, 1.82) is 0 Å². The molecule has 8 heteroatoms. The van der Waals surface area contributed by atoms with E-state index in [1.807, 2.05) is 73.8 Å². The second-order valence-corrected chi connectivity index (χ2v) is 8.74. The molecule has 34 heavy (non-hydrogen) atoms. The predicted molar refractivity (Wildman–Crippen MR) is 137 cm³/mol. The third kappa shape index (κ3) is 5.77. The fourth-order valence-electron chi connectivity index (χ4n) is 3.53. The molecule has 172 valence electrons. The number of benzene rings is 2. The van der Waals surface area contributed by atoms with Crippen molar-refractivity contribution >= 4 is 40.2 Å². The Hall–Kier alpha value is -3.78. The lowest BCUT2D eigenvalue weighted by Gasteiger charge is -2.18. The summed E-state index contributed by atoms with van der Waals surface area (Å²) in [6.45, 7) is 1.83. The van der Waals surface area contributed by atoms with Crippen LogP contribution in [0.15, 0.2) is 72.9 Å². The quantitative estimate of drug-likeness (QED) is 0.393. The van der Waals surface area contributed by atoms with Crippen LogP contribution in [0.3, 0.4) is 0 Å². The standard InChI is InChI=1S/C26H25N5O2S/c1-17-27-14-12-22(28-17)19-7-5-8-20(16-19)29-25(32)24(13-15-34-2)31-26(33)23-11-10-18-6-3-4-9-21(18)30-23/h3-12,14,16,24H,13,15H2,1-2H3,(H,29,32)(H,31,33)/t24-/m0/s1. The zero-order chi connectivity index (χ0) is 23.9. The number of nitrogens with zero attached hydrogens (tertiary/aromatic N) is 3. The summed E-state index contributed by atoms with van der Waals surface area (Å²) in [6, 6.07) is 19.7. The Kier molecular flexibility index (Phi) is 7.49. The van der Waals surface area contributed by atoms with Gasteiger partial charge in [0.1, 0.15) is 17.6 Å². The van der Waals surface area contributed by atoms with Crippen molar-refractivity contribution in [2.45, 2.75) is 19.4 Å². The molecule has 1 atom stereocenters. The van der Waals surface area contributed by atoms with Gasteiger partial charge in [0, 0.05) is 22.8 Å². The Labute approximate surface area is 202 Å². The fourth-order valence-corrected chi connectivity index (χ4v) is 4.00. The summed E-state index contributed by atoms with van der Waals surface area (Å²) in [5, 5.41) is 6.75. The number of aromatic nitrogens is 3. The molecule has 0 saturated carbocycles. The number of nitrogens with one attached hydrogen (secondary N) is 2. The summed E-state index contributed by atoms with van der Waals surface area (Å²) in [5.41, 5.74) is 3.29. The molecule has 0 aliphatic heterocycles. The first-order valence-electron chi connectivity index (χ1n) is 10.9. The van der Waals surface area contributed by atoms with Crippen LogP contribution in [0.2, 0.25) is 0 Å². The number of anilines is 1. The summed E-state index contributed by atoms with van der Waals surface area (Å²) < 4.78 is 0. The summed E-state index contributed by atoms with van der Waals surface area (Å²) in [5.74, 6) is 0.745. The van der Waals surface area contributed by atoms with Crippen LogP contribution >= 0.6 is 11.8 Å². The lowest BCUT2D eigenvalue weighted by molar-refractivity contribution is -0.118. The van der Waals surface area contributed by atoms with Gasteiger partial charge in [-0.25, -0.2) is 15.0 Å². The van der Waals surface area contributed by atoms with Gasteiger partial charge in [0.25, 0.3) is 5.91 Å². The number of pyridine rings is 1. The van der Waals surface area contributed by atoms with Crippen molar-refractivity contribution in [3.05, 3.63) is 84.4 Å². The highest BCUT2D eigenvalue weighted by Gasteiger charge is 2.22. The van der Waals surface area contributed by atoms with E-state index in [1.54, 1.807) is 24.0 Å². The Morgan fingerprint density at radius 3 is 2.68 bits per heavy atom. The number of hydrogen-bond acceptors (Lipinski definition) is 6. The number of rotatable bonds is 8. The SMILES string of the molecule is CSCC[C@H](NC(=O)c1ccc2ccccc2n1)C(=O)Nc1cccc(-c2ccnc(C)n2)c1. The van der Waals surface area contributed by atoms with Gasteiger partial charge in [0.15, 0.2) is 0 Å². The van der Waals surface area contributed by atoms with Gasteiger partial charge in [-0.3, -0.25) is 9.59 Å². The van der Waals surface area contributed by atoms with Gasteiger partial charge >= 0.3 is 0 Å². The van der Waals surface area contributed by atoms with Crippen molar-refractivity contribution in [3.8, 4) is 11.3 Å². The molecule has 0 aliphatic carbocycles. The number of hydrogen-bond donors (Lipinski definition) is 2. The van der Waals surface area contributed by atoms with Crippen LogP contribution in [0.5, 0.6) is 0 Å². The Morgan fingerprint density at radius 1 is 1.00 bits per heavy atom. The van der Waals surface area contributed by atoms with Gasteiger partial charge in [0.05, 0.1) is 11.2 Å². The third-order valence-corrected chi connectivity index (χ3v) is 5.91. The minimum atomic E-state index is -0.696. The molecule has 4 rings (SSSR count). The van der Waals surface area contributed by atoms with Gasteiger partial charge in [-0.1, -0.05) is 36.4 Å². The Balaban J connectivity index is 1.50. The molecule has 0 saturated heterocycles. The molecule has 0 unspecified atom stereocenters. The molecule has 2 aromatic carbocycles. The van der Waals surface area contributed by atoms with Crippen LogP contribution in [0.25, 0.3) is 22.2 Å². The zero-order valence-electron chi connectivity index (χ0n) is 19.0. The van der Waals surface area contributed by atoms with E-state index in [4.69, 9.17) is 0 Å². The van der Waals surface area contributed by atoms with Crippen LogP contribution in [0, 0.1) is 6.92 Å². The first-order valence-corrected chi connectivity index (χ1v) is 12.3. The minimum Gasteiger partial charge on any atom is -0.339 e. The molecule has 7 nitrogen and oxygen atoms in total. The summed E-state index contributed by atoms with van der Waals surface area (Å²) in [6.07, 6.45) is 4.17. The van der Waals surface area contributed by atoms with E-state index in [1.165, 1.54) is 0 Å². The molecule has 2 heterocycles. The maximum Gasteiger partial charge on any atom is 0.270 e. The number of fused-ring (bicyclic) bond motifs is 1. The average molecular weight is 472 g/mol. The van der Waals surface area contributed by atoms with Gasteiger partial charge in [-0.05, 0) is 55.7 Å². The number of carbonyl (C=O) groups excluding carboxylic acids is 2. The van der Waals surface area contributed by atoms with Gasteiger partial charge in [0.2, 0.25) is 5.91 Å². The molecular weight excluding hydrogens is 446 g/mol. The van der Waals surface area contributed by atoms with Crippen LogP contribution in [-0.2, 0) is 4.79 Å². The Bertz CT molecular complexity index is 1330. The number of para-hydroxylation sites is 1. The second kappa shape index (κ2) is 10.9. The minimum absolute atomic E-state index is 0.279. The van der Waals surface area contributed by atoms with E-state index in [2.05, 4.69) is 25.6 Å². The molecule has 2 amide bonds. The third-order valence-electron chi connectivity index (χ3n) is 5.27. The molecule has 0 radical (unpaired) electrons. The van der Waals surface area contributed by atoms with E-state index >= 15 is 0 Å². The van der Waals surface area contributed by atoms with E-state index in [-0.39, 0.29) is 17.5 Å². The lowest BCUT2D eigenvalue weighted by Crippen LogP contribution is -2.44. The molecule has 0 aliphatic rings. The summed E-state index contributed by atoms with van der Waals surface area (Å²) in [4.78, 5) is 39.0. The second-order valence-electron chi connectivity index (χ2n) is 7.76. The van der Waals surface area contributed by atoms with Crippen molar-refractivity contribution in [3.63, 3.8) is 0 Å². The molecule has 0 fully saturated rings. The molecule has 4 aromatic rings. The average Bonchev–Trinajstić information content (AvgIpc) is 2.86. The molecule has 2 N–H and O–H groups in total. The van der Waals surface area contributed by atoms with Gasteiger partial charge in [-0.15, -0.1) is 0 Å². The molecule has 0 bridgehead atoms. The van der Waals surface area contributed by atoms with Crippen LogP contribution in [-0.4, -0.2) is 44.8 Å². The van der Waals surface area contributed by atoms with Crippen molar-refractivity contribution in [1.82, 2.24) is 20.3 Å². The van der Waals surface area contributed by atoms with Crippen molar-refractivity contribution < 1.29 is 9.59 Å². The zero-order valence-corrected chi connectivity index (χ0v) is 19.8. The van der Waals surface area contributed by atoms with Crippen LogP contribution in [0.4, 0.5) is 5.69 Å². The maximum atomic E-state index is 13.1. The van der Waals surface area contributed by atoms with Crippen molar-refractivity contribution in [2.75, 3.05) is 17.3 Å². The van der Waals surface area contributed by atoms with E-state index < -0.39 is 6.04 Å². The maximum absolute atomic E-state index is 13.1. The topological polar surface area (TPSA) is 96.9 Å².